The summed E-state index contributed by atoms with van der Waals surface area (Å²) in [7, 11) is 0. The summed E-state index contributed by atoms with van der Waals surface area (Å²) in [6.45, 7) is 3.41. The summed E-state index contributed by atoms with van der Waals surface area (Å²) in [4.78, 5) is 11.9. The van der Waals surface area contributed by atoms with Crippen LogP contribution in [0, 0.1) is 5.41 Å². The quantitative estimate of drug-likeness (QED) is 0.792. The largest absolute Gasteiger partial charge is 0.394 e. The fourth-order valence-electron chi connectivity index (χ4n) is 1.33. The van der Waals surface area contributed by atoms with Gasteiger partial charge >= 0.3 is 0 Å². The highest BCUT2D eigenvalue weighted by atomic mass is 35.5. The van der Waals surface area contributed by atoms with Crippen LogP contribution in [-0.4, -0.2) is 23.5 Å². The zero-order valence-corrected chi connectivity index (χ0v) is 10.9. The third-order valence-electron chi connectivity index (χ3n) is 2.64. The molecule has 1 aromatic carbocycles. The van der Waals surface area contributed by atoms with E-state index in [1.807, 2.05) is 30.3 Å². The monoisotopic (exact) mass is 255 g/mol. The van der Waals surface area contributed by atoms with Crippen molar-refractivity contribution in [2.45, 2.75) is 19.9 Å². The minimum absolute atomic E-state index is 0.131. The summed E-state index contributed by atoms with van der Waals surface area (Å²) in [5, 5.41) is 12.1. The molecule has 0 heterocycles. The Balaban J connectivity index is 2.75. The Morgan fingerprint density at radius 2 is 2.00 bits per heavy atom. The van der Waals surface area contributed by atoms with Crippen molar-refractivity contribution in [3.63, 3.8) is 0 Å². The average molecular weight is 256 g/mol. The van der Waals surface area contributed by atoms with Crippen LogP contribution in [0.3, 0.4) is 0 Å². The summed E-state index contributed by atoms with van der Waals surface area (Å²) in [6, 6.07) is 8.99. The van der Waals surface area contributed by atoms with E-state index >= 15 is 0 Å². The first kappa shape index (κ1) is 14.0. The standard InChI is InChI=1S/C13H18ClNO2/c1-13(2,9-14)12(17)15-11(8-16)10-6-4-3-5-7-10/h3-7,11,16H,8-9H2,1-2H3,(H,15,17). The third-order valence-corrected chi connectivity index (χ3v) is 3.31. The van der Waals surface area contributed by atoms with Gasteiger partial charge in [-0.2, -0.15) is 0 Å². The molecule has 1 rings (SSSR count). The minimum atomic E-state index is -0.635. The van der Waals surface area contributed by atoms with Gasteiger partial charge in [-0.25, -0.2) is 0 Å². The molecule has 0 saturated heterocycles. The predicted molar refractivity (Wildman–Crippen MR) is 68.9 cm³/mol. The summed E-state index contributed by atoms with van der Waals surface area (Å²) in [6.07, 6.45) is 0. The van der Waals surface area contributed by atoms with Crippen molar-refractivity contribution < 1.29 is 9.90 Å². The average Bonchev–Trinajstić information content (AvgIpc) is 2.36. The molecule has 17 heavy (non-hydrogen) atoms. The number of benzene rings is 1. The van der Waals surface area contributed by atoms with E-state index in [1.165, 1.54) is 0 Å². The van der Waals surface area contributed by atoms with Crippen LogP contribution in [0.4, 0.5) is 0 Å². The van der Waals surface area contributed by atoms with Gasteiger partial charge in [-0.3, -0.25) is 4.79 Å². The highest BCUT2D eigenvalue weighted by Crippen LogP contribution is 2.20. The molecule has 0 aliphatic rings. The lowest BCUT2D eigenvalue weighted by atomic mass is 9.94. The molecule has 0 fully saturated rings. The maximum Gasteiger partial charge on any atom is 0.227 e. The fraction of sp³-hybridized carbons (Fsp3) is 0.462. The molecule has 4 heteroatoms. The van der Waals surface area contributed by atoms with Crippen LogP contribution in [-0.2, 0) is 4.79 Å². The number of amides is 1. The molecular formula is C13H18ClNO2. The summed E-state index contributed by atoms with van der Waals surface area (Å²) in [5.74, 6) is 0.0848. The first-order chi connectivity index (χ1) is 8.01. The highest BCUT2D eigenvalue weighted by Gasteiger charge is 2.28. The Morgan fingerprint density at radius 3 is 2.47 bits per heavy atom. The van der Waals surface area contributed by atoms with Gasteiger partial charge in [0.2, 0.25) is 5.91 Å². The molecule has 1 amide bonds. The Morgan fingerprint density at radius 1 is 1.41 bits per heavy atom. The molecule has 0 aromatic heterocycles. The Labute approximate surface area is 107 Å². The number of alkyl halides is 1. The van der Waals surface area contributed by atoms with Gasteiger partial charge in [0.1, 0.15) is 0 Å². The number of aliphatic hydroxyl groups is 1. The summed E-state index contributed by atoms with van der Waals surface area (Å²) in [5.41, 5.74) is 0.248. The van der Waals surface area contributed by atoms with E-state index in [-0.39, 0.29) is 24.4 Å². The van der Waals surface area contributed by atoms with Crippen molar-refractivity contribution in [3.05, 3.63) is 35.9 Å². The van der Waals surface area contributed by atoms with Crippen molar-refractivity contribution in [1.82, 2.24) is 5.32 Å². The van der Waals surface area contributed by atoms with Gasteiger partial charge in [-0.15, -0.1) is 11.6 Å². The Kier molecular flexibility index (Phi) is 4.97. The van der Waals surface area contributed by atoms with Gasteiger partial charge in [0.25, 0.3) is 0 Å². The number of carbonyl (C=O) groups excluding carboxylic acids is 1. The lowest BCUT2D eigenvalue weighted by Crippen LogP contribution is -2.41. The molecule has 1 unspecified atom stereocenters. The van der Waals surface area contributed by atoms with Gasteiger partial charge < -0.3 is 10.4 Å². The molecule has 0 aliphatic carbocycles. The van der Waals surface area contributed by atoms with Gasteiger partial charge in [-0.1, -0.05) is 30.3 Å². The van der Waals surface area contributed by atoms with Crippen LogP contribution in [0.15, 0.2) is 30.3 Å². The fourth-order valence-corrected chi connectivity index (χ4v) is 1.46. The Hall–Kier alpha value is -1.06. The van der Waals surface area contributed by atoms with Crippen molar-refractivity contribution in [1.29, 1.82) is 0 Å². The topological polar surface area (TPSA) is 49.3 Å². The molecule has 0 radical (unpaired) electrons. The van der Waals surface area contributed by atoms with E-state index in [0.29, 0.717) is 0 Å². The molecular weight excluding hydrogens is 238 g/mol. The second kappa shape index (κ2) is 6.03. The van der Waals surface area contributed by atoms with Crippen LogP contribution < -0.4 is 5.32 Å². The molecule has 0 spiro atoms. The number of aliphatic hydroxyl groups excluding tert-OH is 1. The van der Waals surface area contributed by atoms with Crippen LogP contribution in [0.5, 0.6) is 0 Å². The van der Waals surface area contributed by atoms with Crippen LogP contribution >= 0.6 is 11.6 Å². The van der Waals surface area contributed by atoms with Crippen molar-refractivity contribution in [2.24, 2.45) is 5.41 Å². The molecule has 0 aliphatic heterocycles. The maximum atomic E-state index is 11.9. The van der Waals surface area contributed by atoms with Crippen LogP contribution in [0.1, 0.15) is 25.5 Å². The smallest absolute Gasteiger partial charge is 0.227 e. The molecule has 0 saturated carbocycles. The van der Waals surface area contributed by atoms with Crippen molar-refractivity contribution in [3.8, 4) is 0 Å². The number of nitrogens with one attached hydrogen (secondary N) is 1. The lowest BCUT2D eigenvalue weighted by Gasteiger charge is -2.24. The Bertz CT molecular complexity index is 365. The molecule has 1 aromatic rings. The number of rotatable bonds is 5. The van der Waals surface area contributed by atoms with E-state index in [0.717, 1.165) is 5.56 Å². The second-order valence-corrected chi connectivity index (χ2v) is 4.90. The lowest BCUT2D eigenvalue weighted by molar-refractivity contribution is -0.129. The van der Waals surface area contributed by atoms with Gasteiger partial charge in [-0.05, 0) is 19.4 Å². The highest BCUT2D eigenvalue weighted by molar-refractivity contribution is 6.19. The first-order valence-corrected chi connectivity index (χ1v) is 6.07. The molecule has 3 nitrogen and oxygen atoms in total. The van der Waals surface area contributed by atoms with Gasteiger partial charge in [0.15, 0.2) is 0 Å². The first-order valence-electron chi connectivity index (χ1n) is 5.54. The van der Waals surface area contributed by atoms with Crippen LogP contribution in [0.25, 0.3) is 0 Å². The molecule has 0 bridgehead atoms. The number of hydrogen-bond donors (Lipinski definition) is 2. The van der Waals surface area contributed by atoms with E-state index < -0.39 is 5.41 Å². The molecule has 1 atom stereocenters. The van der Waals surface area contributed by atoms with Crippen molar-refractivity contribution in [2.75, 3.05) is 12.5 Å². The van der Waals surface area contributed by atoms with E-state index in [1.54, 1.807) is 13.8 Å². The van der Waals surface area contributed by atoms with E-state index in [9.17, 15) is 9.90 Å². The van der Waals surface area contributed by atoms with Gasteiger partial charge in [0, 0.05) is 5.88 Å². The molecule has 94 valence electrons. The van der Waals surface area contributed by atoms with E-state index in [4.69, 9.17) is 11.6 Å². The molecule has 2 N–H and O–H groups in total. The third kappa shape index (κ3) is 3.72. The zero-order chi connectivity index (χ0) is 12.9. The zero-order valence-electron chi connectivity index (χ0n) is 10.1. The predicted octanol–water partition coefficient (Wildman–Crippen LogP) is 2.10. The SMILES string of the molecule is CC(C)(CCl)C(=O)NC(CO)c1ccccc1. The summed E-state index contributed by atoms with van der Waals surface area (Å²) < 4.78 is 0. The second-order valence-electron chi connectivity index (χ2n) is 4.64. The van der Waals surface area contributed by atoms with Crippen LogP contribution in [0.2, 0.25) is 0 Å². The summed E-state index contributed by atoms with van der Waals surface area (Å²) >= 11 is 5.74. The van der Waals surface area contributed by atoms with E-state index in [2.05, 4.69) is 5.32 Å². The number of halogens is 1. The maximum absolute atomic E-state index is 11.9. The number of carbonyl (C=O) groups is 1. The normalized spacial score (nSPS) is 13.2. The minimum Gasteiger partial charge on any atom is -0.394 e. The number of hydrogen-bond acceptors (Lipinski definition) is 2. The van der Waals surface area contributed by atoms with Crippen molar-refractivity contribution >= 4 is 17.5 Å². The van der Waals surface area contributed by atoms with Gasteiger partial charge in [0.05, 0.1) is 18.1 Å².